The number of unbranched alkanes of at least 4 members (excludes halogenated alkanes) is 37. The smallest absolute Gasteiger partial charge is 0.220 e. The molecule has 62 heavy (non-hydrogen) atoms. The second-order valence-corrected chi connectivity index (χ2v) is 19.4. The molecule has 370 valence electrons. The summed E-state index contributed by atoms with van der Waals surface area (Å²) in [5.74, 6) is -0.147. The SMILES string of the molecule is CCCCCCCCCCCCCCCCCCCCCCCCCCCCCCCCCCCCCC(=O)NC(COC1OC(CO)C(O)C(O)C1O)C(O)CCCCCC. The molecule has 9 heteroatoms. The molecular formula is C53H105NO8. The molecule has 1 aliphatic rings. The molecule has 1 aliphatic heterocycles. The molecule has 1 fully saturated rings. The first kappa shape index (κ1) is 59.2. The molecule has 1 rings (SSSR count). The average molecular weight is 884 g/mol. The number of hydrogen-bond acceptors (Lipinski definition) is 8. The summed E-state index contributed by atoms with van der Waals surface area (Å²) < 4.78 is 11.2. The summed E-state index contributed by atoms with van der Waals surface area (Å²) in [6.45, 7) is 3.74. The van der Waals surface area contributed by atoms with E-state index in [1.807, 2.05) is 0 Å². The number of rotatable bonds is 47. The minimum Gasteiger partial charge on any atom is -0.394 e. The highest BCUT2D eigenvalue weighted by atomic mass is 16.7. The second kappa shape index (κ2) is 44.0. The minimum absolute atomic E-state index is 0.136. The Hall–Kier alpha value is -0.810. The van der Waals surface area contributed by atoms with Gasteiger partial charge in [0.1, 0.15) is 24.4 Å². The lowest BCUT2D eigenvalue weighted by Gasteiger charge is -2.40. The van der Waals surface area contributed by atoms with Crippen molar-refractivity contribution in [2.24, 2.45) is 0 Å². The van der Waals surface area contributed by atoms with Crippen molar-refractivity contribution in [1.29, 1.82) is 0 Å². The van der Waals surface area contributed by atoms with Gasteiger partial charge in [0.2, 0.25) is 5.91 Å². The van der Waals surface area contributed by atoms with Crippen molar-refractivity contribution in [2.45, 2.75) is 320 Å². The van der Waals surface area contributed by atoms with Crippen LogP contribution in [0.15, 0.2) is 0 Å². The van der Waals surface area contributed by atoms with Gasteiger partial charge in [0, 0.05) is 6.42 Å². The molecule has 1 saturated heterocycles. The van der Waals surface area contributed by atoms with Gasteiger partial charge in [-0.05, 0) is 12.8 Å². The van der Waals surface area contributed by atoms with Crippen LogP contribution in [-0.2, 0) is 14.3 Å². The summed E-state index contributed by atoms with van der Waals surface area (Å²) in [6.07, 6.45) is 45.3. The highest BCUT2D eigenvalue weighted by Crippen LogP contribution is 2.23. The molecule has 7 unspecified atom stereocenters. The van der Waals surface area contributed by atoms with E-state index in [0.717, 1.165) is 44.9 Å². The summed E-state index contributed by atoms with van der Waals surface area (Å²) in [5.41, 5.74) is 0. The summed E-state index contributed by atoms with van der Waals surface area (Å²) >= 11 is 0. The van der Waals surface area contributed by atoms with E-state index >= 15 is 0 Å². The lowest BCUT2D eigenvalue weighted by molar-refractivity contribution is -0.302. The molecule has 0 aromatic heterocycles. The molecule has 0 saturated carbocycles. The fourth-order valence-electron chi connectivity index (χ4n) is 9.11. The van der Waals surface area contributed by atoms with Gasteiger partial charge in [-0.15, -0.1) is 0 Å². The van der Waals surface area contributed by atoms with E-state index in [0.29, 0.717) is 12.8 Å². The van der Waals surface area contributed by atoms with Gasteiger partial charge in [-0.25, -0.2) is 0 Å². The van der Waals surface area contributed by atoms with Crippen LogP contribution in [-0.4, -0.2) is 87.5 Å². The molecule has 1 heterocycles. The third kappa shape index (κ3) is 33.6. The molecule has 1 amide bonds. The lowest BCUT2D eigenvalue weighted by Crippen LogP contribution is -2.60. The van der Waals surface area contributed by atoms with Crippen LogP contribution in [0.25, 0.3) is 0 Å². The van der Waals surface area contributed by atoms with Gasteiger partial charge in [-0.2, -0.15) is 0 Å². The Morgan fingerprint density at radius 1 is 0.484 bits per heavy atom. The highest BCUT2D eigenvalue weighted by Gasteiger charge is 2.44. The van der Waals surface area contributed by atoms with Crippen LogP contribution in [0.2, 0.25) is 0 Å². The minimum atomic E-state index is -1.55. The Morgan fingerprint density at radius 3 is 1.15 bits per heavy atom. The Kier molecular flexibility index (Phi) is 42.1. The normalized spacial score (nSPS) is 20.1. The Balaban J connectivity index is 1.92. The third-order valence-corrected chi connectivity index (χ3v) is 13.5. The van der Waals surface area contributed by atoms with Crippen molar-refractivity contribution in [3.8, 4) is 0 Å². The molecule has 0 radical (unpaired) electrons. The topological polar surface area (TPSA) is 149 Å². The summed E-state index contributed by atoms with van der Waals surface area (Å²) in [6, 6.07) is -0.709. The first-order chi connectivity index (χ1) is 30.3. The monoisotopic (exact) mass is 884 g/mol. The first-order valence-corrected chi connectivity index (χ1v) is 27.2. The number of hydrogen-bond donors (Lipinski definition) is 6. The molecule has 0 bridgehead atoms. The van der Waals surface area contributed by atoms with Crippen molar-refractivity contribution in [3.05, 3.63) is 0 Å². The van der Waals surface area contributed by atoms with Gasteiger partial charge in [0.15, 0.2) is 6.29 Å². The van der Waals surface area contributed by atoms with Gasteiger partial charge in [-0.1, -0.05) is 258 Å². The first-order valence-electron chi connectivity index (χ1n) is 27.2. The zero-order valence-electron chi connectivity index (χ0n) is 40.9. The summed E-state index contributed by atoms with van der Waals surface area (Å²) in [7, 11) is 0. The van der Waals surface area contributed by atoms with Crippen molar-refractivity contribution in [2.75, 3.05) is 13.2 Å². The number of ether oxygens (including phenoxy) is 2. The number of carbonyl (C=O) groups excluding carboxylic acids is 1. The zero-order chi connectivity index (χ0) is 45.1. The molecule has 6 N–H and O–H groups in total. The van der Waals surface area contributed by atoms with Gasteiger partial charge >= 0.3 is 0 Å². The van der Waals surface area contributed by atoms with E-state index in [2.05, 4.69) is 19.2 Å². The molecule has 0 aromatic carbocycles. The molecule has 0 spiro atoms. The van der Waals surface area contributed by atoms with E-state index in [-0.39, 0.29) is 12.5 Å². The van der Waals surface area contributed by atoms with Crippen LogP contribution >= 0.6 is 0 Å². The van der Waals surface area contributed by atoms with E-state index in [1.165, 1.54) is 205 Å². The quantitative estimate of drug-likeness (QED) is 0.0331. The number of carbonyl (C=O) groups is 1. The van der Waals surface area contributed by atoms with Crippen LogP contribution in [0, 0.1) is 0 Å². The van der Waals surface area contributed by atoms with Crippen molar-refractivity contribution in [3.63, 3.8) is 0 Å². The van der Waals surface area contributed by atoms with Gasteiger partial charge in [0.05, 0.1) is 25.4 Å². The zero-order valence-corrected chi connectivity index (χ0v) is 40.9. The highest BCUT2D eigenvalue weighted by molar-refractivity contribution is 5.76. The van der Waals surface area contributed by atoms with Crippen molar-refractivity contribution in [1.82, 2.24) is 5.32 Å². The van der Waals surface area contributed by atoms with Crippen molar-refractivity contribution >= 4 is 5.91 Å². The standard InChI is InChI=1S/C53H105NO8/c1-3-5-7-9-10-11-12-13-14-15-16-17-18-19-20-21-22-23-24-25-26-27-28-29-30-31-32-33-34-35-36-37-38-39-41-43-49(57)54-46(47(56)42-40-8-6-4-2)45-61-53-52(60)51(59)50(58)48(44-55)62-53/h46-48,50-53,55-56,58-60H,3-45H2,1-2H3,(H,54,57). The van der Waals surface area contributed by atoms with Crippen LogP contribution in [0.1, 0.15) is 277 Å². The maximum absolute atomic E-state index is 12.9. The van der Waals surface area contributed by atoms with Crippen LogP contribution in [0.5, 0.6) is 0 Å². The molecule has 9 nitrogen and oxygen atoms in total. The number of amides is 1. The molecular weight excluding hydrogens is 779 g/mol. The van der Waals surface area contributed by atoms with E-state index in [9.17, 15) is 30.3 Å². The average Bonchev–Trinajstić information content (AvgIpc) is 3.27. The summed E-state index contributed by atoms with van der Waals surface area (Å²) in [4.78, 5) is 12.9. The van der Waals surface area contributed by atoms with E-state index in [4.69, 9.17) is 9.47 Å². The van der Waals surface area contributed by atoms with Crippen LogP contribution in [0.3, 0.4) is 0 Å². The Bertz CT molecular complexity index is 939. The predicted octanol–water partition coefficient (Wildman–Crippen LogP) is 12.7. The lowest BCUT2D eigenvalue weighted by atomic mass is 9.99. The predicted molar refractivity (Wildman–Crippen MR) is 258 cm³/mol. The molecule has 0 aromatic rings. The maximum atomic E-state index is 12.9. The molecule has 7 atom stereocenters. The Morgan fingerprint density at radius 2 is 0.806 bits per heavy atom. The van der Waals surface area contributed by atoms with Gasteiger partial charge in [-0.3, -0.25) is 4.79 Å². The fraction of sp³-hybridized carbons (Fsp3) is 0.981. The second-order valence-electron chi connectivity index (χ2n) is 19.4. The number of aliphatic hydroxyl groups is 5. The van der Waals surface area contributed by atoms with E-state index in [1.54, 1.807) is 0 Å². The molecule has 0 aliphatic carbocycles. The van der Waals surface area contributed by atoms with Crippen LogP contribution in [0.4, 0.5) is 0 Å². The largest absolute Gasteiger partial charge is 0.394 e. The maximum Gasteiger partial charge on any atom is 0.220 e. The van der Waals surface area contributed by atoms with Gasteiger partial charge < -0.3 is 40.3 Å². The third-order valence-electron chi connectivity index (χ3n) is 13.5. The van der Waals surface area contributed by atoms with Crippen LogP contribution < -0.4 is 5.32 Å². The number of aliphatic hydroxyl groups excluding tert-OH is 5. The fourth-order valence-corrected chi connectivity index (χ4v) is 9.11. The Labute approximate surface area is 383 Å². The number of nitrogens with one attached hydrogen (secondary N) is 1. The van der Waals surface area contributed by atoms with Gasteiger partial charge in [0.25, 0.3) is 0 Å². The van der Waals surface area contributed by atoms with E-state index < -0.39 is 49.5 Å². The van der Waals surface area contributed by atoms with Crippen molar-refractivity contribution < 1.29 is 39.8 Å². The summed E-state index contributed by atoms with van der Waals surface area (Å²) in [5, 5.41) is 53.8.